The highest BCUT2D eigenvalue weighted by Gasteiger charge is 2.49. The van der Waals surface area contributed by atoms with Gasteiger partial charge >= 0.3 is 7.12 Å². The highest BCUT2D eigenvalue weighted by molar-refractivity contribution is 9.10. The normalized spacial score (nSPS) is 15.2. The fraction of sp³-hybridized carbons (Fsp3) is 0.273. The first-order valence-corrected chi connectivity index (χ1v) is 9.86. The van der Waals surface area contributed by atoms with E-state index in [1.807, 2.05) is 39.8 Å². The van der Waals surface area contributed by atoms with Crippen molar-refractivity contribution in [2.45, 2.75) is 38.9 Å². The van der Waals surface area contributed by atoms with E-state index in [0.29, 0.717) is 15.7 Å². The van der Waals surface area contributed by atoms with Gasteiger partial charge in [-0.15, -0.1) is 6.58 Å². The van der Waals surface area contributed by atoms with Gasteiger partial charge in [0.25, 0.3) is 0 Å². The lowest BCUT2D eigenvalue weighted by Crippen LogP contribution is -2.41. The summed E-state index contributed by atoms with van der Waals surface area (Å²) in [5.41, 5.74) is 1.51. The minimum atomic E-state index is -0.250. The predicted molar refractivity (Wildman–Crippen MR) is 122 cm³/mol. The number of aromatic nitrogens is 2. The molecule has 1 fully saturated rings. The Labute approximate surface area is 187 Å². The quantitative estimate of drug-likeness (QED) is 0.450. The first-order chi connectivity index (χ1) is 14.1. The molecule has 0 N–H and O–H groups in total. The summed E-state index contributed by atoms with van der Waals surface area (Å²) in [5, 5.41) is 16.8. The summed E-state index contributed by atoms with van der Waals surface area (Å²) in [4.78, 5) is 7.79. The van der Waals surface area contributed by atoms with Crippen LogP contribution >= 0.6 is 15.9 Å². The van der Waals surface area contributed by atoms with Crippen molar-refractivity contribution in [2.75, 3.05) is 0 Å². The Kier molecular flexibility index (Phi) is 9.62. The molecule has 0 atom stereocenters. The molecular weight excluding hydrogens is 443 g/mol. The number of hydrogen-bond acceptors (Lipinski definition) is 6. The molecule has 0 amide bonds. The number of rotatable bonds is 2. The molecule has 1 saturated heterocycles. The maximum absolute atomic E-state index is 8.45. The second-order valence-electron chi connectivity index (χ2n) is 7.12. The molecule has 8 heteroatoms. The van der Waals surface area contributed by atoms with Crippen molar-refractivity contribution in [1.82, 2.24) is 9.97 Å². The number of halogens is 1. The van der Waals surface area contributed by atoms with Crippen LogP contribution in [0.25, 0.3) is 6.08 Å². The van der Waals surface area contributed by atoms with E-state index in [4.69, 9.17) is 19.8 Å². The Morgan fingerprint density at radius 1 is 0.967 bits per heavy atom. The van der Waals surface area contributed by atoms with Crippen LogP contribution in [0.2, 0.25) is 0 Å². The van der Waals surface area contributed by atoms with Gasteiger partial charge in [0, 0.05) is 12.4 Å². The zero-order chi connectivity index (χ0) is 22.8. The fourth-order valence-corrected chi connectivity index (χ4v) is 2.45. The molecule has 0 saturated carbocycles. The summed E-state index contributed by atoms with van der Waals surface area (Å²) in [6, 6.07) is 10.7. The van der Waals surface area contributed by atoms with E-state index in [2.05, 4.69) is 39.1 Å². The van der Waals surface area contributed by atoms with Crippen LogP contribution in [0.5, 0.6) is 0 Å². The van der Waals surface area contributed by atoms with Gasteiger partial charge in [-0.05, 0) is 74.0 Å². The van der Waals surface area contributed by atoms with E-state index in [9.17, 15) is 0 Å². The summed E-state index contributed by atoms with van der Waals surface area (Å²) < 4.78 is 11.8. The SMILES string of the molecule is C=CB1OC(C)(C)C(C)(C)O1.C=Cc1cc(C#N)ccn1.N#Cc1ccnc(Br)c1. The molecule has 3 rings (SSSR count). The van der Waals surface area contributed by atoms with Crippen molar-refractivity contribution in [3.8, 4) is 12.1 Å². The van der Waals surface area contributed by atoms with E-state index < -0.39 is 0 Å². The number of nitrogens with zero attached hydrogens (tertiary/aromatic N) is 4. The highest BCUT2D eigenvalue weighted by Crippen LogP contribution is 2.36. The van der Waals surface area contributed by atoms with Crippen LogP contribution in [-0.4, -0.2) is 28.3 Å². The molecule has 0 aromatic carbocycles. The molecule has 0 radical (unpaired) electrons. The summed E-state index contributed by atoms with van der Waals surface area (Å²) in [6.45, 7) is 15.3. The zero-order valence-corrected chi connectivity index (χ0v) is 19.2. The first-order valence-electron chi connectivity index (χ1n) is 9.07. The lowest BCUT2D eigenvalue weighted by atomic mass is 9.90. The van der Waals surface area contributed by atoms with E-state index in [1.165, 1.54) is 0 Å². The predicted octanol–water partition coefficient (Wildman–Crippen LogP) is 5.12. The third kappa shape index (κ3) is 7.57. The lowest BCUT2D eigenvalue weighted by Gasteiger charge is -2.32. The molecule has 0 unspecified atom stereocenters. The van der Waals surface area contributed by atoms with Crippen LogP contribution in [0.1, 0.15) is 44.5 Å². The largest absolute Gasteiger partial charge is 0.486 e. The van der Waals surface area contributed by atoms with Crippen molar-refractivity contribution >= 4 is 29.1 Å². The van der Waals surface area contributed by atoms with Crippen LogP contribution in [-0.2, 0) is 9.31 Å². The third-order valence-electron chi connectivity index (χ3n) is 4.44. The van der Waals surface area contributed by atoms with E-state index >= 15 is 0 Å². The summed E-state index contributed by atoms with van der Waals surface area (Å²) in [6.07, 6.45) is 4.79. The average Bonchev–Trinajstić information content (AvgIpc) is 2.95. The van der Waals surface area contributed by atoms with Crippen molar-refractivity contribution in [2.24, 2.45) is 0 Å². The molecule has 1 aliphatic heterocycles. The van der Waals surface area contributed by atoms with Crippen molar-refractivity contribution in [1.29, 1.82) is 10.5 Å². The van der Waals surface area contributed by atoms with Crippen LogP contribution in [0.3, 0.4) is 0 Å². The molecule has 30 heavy (non-hydrogen) atoms. The fourth-order valence-electron chi connectivity index (χ4n) is 2.09. The Morgan fingerprint density at radius 2 is 1.47 bits per heavy atom. The third-order valence-corrected chi connectivity index (χ3v) is 4.87. The molecule has 2 aromatic rings. The maximum atomic E-state index is 8.45. The zero-order valence-electron chi connectivity index (χ0n) is 17.6. The van der Waals surface area contributed by atoms with Crippen molar-refractivity contribution in [3.63, 3.8) is 0 Å². The van der Waals surface area contributed by atoms with Crippen LogP contribution in [0, 0.1) is 22.7 Å². The first kappa shape index (κ1) is 25.3. The standard InChI is InChI=1S/C8H15BO2.C8H6N2.C6H3BrN2/c1-6-9-10-7(2,3)8(4,5)11-9;1-2-8-5-7(6-9)3-4-10-8;7-6-3-5(4-8)1-2-9-6/h6H,1H2,2-5H3;2-5H,1H2;1-3H. The van der Waals surface area contributed by atoms with Crippen LogP contribution in [0.15, 0.2) is 60.4 Å². The van der Waals surface area contributed by atoms with E-state index in [0.717, 1.165) is 5.69 Å². The average molecular weight is 467 g/mol. The van der Waals surface area contributed by atoms with Crippen molar-refractivity contribution < 1.29 is 9.31 Å². The summed E-state index contributed by atoms with van der Waals surface area (Å²) >= 11 is 3.14. The molecule has 6 nitrogen and oxygen atoms in total. The van der Waals surface area contributed by atoms with Gasteiger partial charge in [0.05, 0.1) is 40.2 Å². The van der Waals surface area contributed by atoms with Gasteiger partial charge in [-0.1, -0.05) is 12.6 Å². The molecule has 0 aliphatic carbocycles. The Balaban J connectivity index is 0.000000226. The lowest BCUT2D eigenvalue weighted by molar-refractivity contribution is 0.00578. The Morgan fingerprint density at radius 3 is 1.83 bits per heavy atom. The molecular formula is C22H24BBrN4O2. The second-order valence-corrected chi connectivity index (χ2v) is 7.94. The summed E-state index contributed by atoms with van der Waals surface area (Å²) in [5.74, 6) is 1.68. The van der Waals surface area contributed by atoms with Gasteiger partial charge in [-0.3, -0.25) is 4.98 Å². The highest BCUT2D eigenvalue weighted by atomic mass is 79.9. The smallest absolute Gasteiger partial charge is 0.400 e. The van der Waals surface area contributed by atoms with Crippen molar-refractivity contribution in [3.05, 3.63) is 77.2 Å². The van der Waals surface area contributed by atoms with Crippen LogP contribution in [0.4, 0.5) is 0 Å². The van der Waals surface area contributed by atoms with Gasteiger partial charge in [0.1, 0.15) is 4.60 Å². The number of pyridine rings is 2. The minimum Gasteiger partial charge on any atom is -0.400 e. The molecule has 0 spiro atoms. The maximum Gasteiger partial charge on any atom is 0.486 e. The Bertz CT molecular complexity index is 948. The number of hydrogen-bond donors (Lipinski definition) is 0. The molecule has 2 aromatic heterocycles. The second kappa shape index (κ2) is 11.4. The Hall–Kier alpha value is -2.78. The van der Waals surface area contributed by atoms with Gasteiger partial charge in [0.2, 0.25) is 0 Å². The summed E-state index contributed by atoms with van der Waals surface area (Å²) in [7, 11) is -0.250. The number of nitriles is 2. The van der Waals surface area contributed by atoms with Crippen LogP contribution < -0.4 is 0 Å². The van der Waals surface area contributed by atoms with E-state index in [1.54, 1.807) is 48.7 Å². The minimum absolute atomic E-state index is 0.230. The molecule has 3 heterocycles. The van der Waals surface area contributed by atoms with Gasteiger partial charge in [-0.25, -0.2) is 4.98 Å². The van der Waals surface area contributed by atoms with Gasteiger partial charge in [0.15, 0.2) is 0 Å². The topological polar surface area (TPSA) is 91.8 Å². The van der Waals surface area contributed by atoms with Gasteiger partial charge in [-0.2, -0.15) is 10.5 Å². The monoisotopic (exact) mass is 466 g/mol. The molecule has 0 bridgehead atoms. The molecule has 1 aliphatic rings. The van der Waals surface area contributed by atoms with E-state index in [-0.39, 0.29) is 18.3 Å². The molecule has 154 valence electrons. The van der Waals surface area contributed by atoms with Gasteiger partial charge < -0.3 is 9.31 Å².